The number of hydrogen-bond donors (Lipinski definition) is 2. The molecule has 0 saturated heterocycles. The van der Waals surface area contributed by atoms with Gasteiger partial charge in [-0.1, -0.05) is 0 Å². The largest absolute Gasteiger partial charge is 0.480 e. The van der Waals surface area contributed by atoms with Crippen LogP contribution in [0.1, 0.15) is 17.3 Å². The molecule has 0 bridgehead atoms. The van der Waals surface area contributed by atoms with E-state index in [9.17, 15) is 9.59 Å². The highest BCUT2D eigenvalue weighted by Crippen LogP contribution is 2.10. The summed E-state index contributed by atoms with van der Waals surface area (Å²) in [6.07, 6.45) is 3.10. The summed E-state index contributed by atoms with van der Waals surface area (Å²) in [5, 5.41) is 11.1. The van der Waals surface area contributed by atoms with Gasteiger partial charge >= 0.3 is 5.97 Å². The van der Waals surface area contributed by atoms with Gasteiger partial charge in [0.05, 0.1) is 11.0 Å². The number of carbonyl (C=O) groups excluding carboxylic acids is 1. The van der Waals surface area contributed by atoms with E-state index in [0.29, 0.717) is 16.6 Å². The zero-order valence-electron chi connectivity index (χ0n) is 9.62. The molecular weight excluding hydrogens is 234 g/mol. The second-order valence-corrected chi connectivity index (χ2v) is 3.79. The van der Waals surface area contributed by atoms with Gasteiger partial charge in [0, 0.05) is 18.0 Å². The molecule has 0 fully saturated rings. The Bertz CT molecular complexity index is 612. The molecule has 1 aromatic carbocycles. The molecule has 1 atom stereocenters. The van der Waals surface area contributed by atoms with E-state index in [4.69, 9.17) is 5.11 Å². The van der Waals surface area contributed by atoms with Crippen LogP contribution < -0.4 is 5.32 Å². The maximum atomic E-state index is 11.8. The van der Waals surface area contributed by atoms with Crippen molar-refractivity contribution in [1.29, 1.82) is 0 Å². The summed E-state index contributed by atoms with van der Waals surface area (Å²) in [6.45, 7) is 1.40. The number of amides is 1. The van der Waals surface area contributed by atoms with Crippen LogP contribution in [0.25, 0.3) is 11.0 Å². The van der Waals surface area contributed by atoms with Crippen molar-refractivity contribution >= 4 is 22.9 Å². The number of carboxylic acid groups (broad SMARTS) is 1. The van der Waals surface area contributed by atoms with Crippen molar-refractivity contribution in [2.45, 2.75) is 13.0 Å². The van der Waals surface area contributed by atoms with Crippen molar-refractivity contribution in [1.82, 2.24) is 15.3 Å². The summed E-state index contributed by atoms with van der Waals surface area (Å²) in [4.78, 5) is 30.6. The zero-order valence-corrected chi connectivity index (χ0v) is 9.62. The lowest BCUT2D eigenvalue weighted by atomic mass is 10.1. The van der Waals surface area contributed by atoms with Gasteiger partial charge in [-0.15, -0.1) is 0 Å². The Hall–Kier alpha value is -2.50. The third-order valence-corrected chi connectivity index (χ3v) is 2.45. The third kappa shape index (κ3) is 2.42. The monoisotopic (exact) mass is 245 g/mol. The molecule has 0 unspecified atom stereocenters. The smallest absolute Gasteiger partial charge is 0.325 e. The summed E-state index contributed by atoms with van der Waals surface area (Å²) in [5.41, 5.74) is 1.63. The standard InChI is InChI=1S/C12H11N3O3/c1-7(12(17)18)15-11(16)8-2-3-9-10(6-8)14-5-4-13-9/h2-7H,1H3,(H,15,16)(H,17,18)/t7-/m0/s1. The molecule has 0 spiro atoms. The van der Waals surface area contributed by atoms with E-state index in [2.05, 4.69) is 15.3 Å². The van der Waals surface area contributed by atoms with E-state index >= 15 is 0 Å². The van der Waals surface area contributed by atoms with Gasteiger partial charge < -0.3 is 10.4 Å². The van der Waals surface area contributed by atoms with Crippen molar-refractivity contribution in [2.75, 3.05) is 0 Å². The van der Waals surface area contributed by atoms with E-state index in [1.165, 1.54) is 13.1 Å². The van der Waals surface area contributed by atoms with E-state index in [1.54, 1.807) is 24.4 Å². The topological polar surface area (TPSA) is 92.2 Å². The van der Waals surface area contributed by atoms with Crippen LogP contribution in [-0.4, -0.2) is 33.0 Å². The van der Waals surface area contributed by atoms with Crippen LogP contribution in [0, 0.1) is 0 Å². The highest BCUT2D eigenvalue weighted by molar-refractivity contribution is 5.98. The van der Waals surface area contributed by atoms with Gasteiger partial charge in [0.1, 0.15) is 6.04 Å². The first kappa shape index (κ1) is 12.0. The molecule has 0 aliphatic heterocycles. The minimum atomic E-state index is -1.08. The van der Waals surface area contributed by atoms with E-state index < -0.39 is 17.9 Å². The van der Waals surface area contributed by atoms with Crippen molar-refractivity contribution < 1.29 is 14.7 Å². The lowest BCUT2D eigenvalue weighted by Gasteiger charge is -2.09. The average Bonchev–Trinajstić information content (AvgIpc) is 2.37. The Kier molecular flexibility index (Phi) is 3.18. The predicted octanol–water partition coefficient (Wildman–Crippen LogP) is 0.833. The van der Waals surface area contributed by atoms with E-state index in [1.807, 2.05) is 0 Å². The van der Waals surface area contributed by atoms with Crippen molar-refractivity contribution in [3.8, 4) is 0 Å². The summed E-state index contributed by atoms with van der Waals surface area (Å²) < 4.78 is 0. The number of rotatable bonds is 3. The lowest BCUT2D eigenvalue weighted by molar-refractivity contribution is -0.138. The van der Waals surface area contributed by atoms with Gasteiger partial charge in [-0.2, -0.15) is 0 Å². The van der Waals surface area contributed by atoms with Crippen LogP contribution in [0.3, 0.4) is 0 Å². The molecule has 1 aromatic heterocycles. The fourth-order valence-electron chi connectivity index (χ4n) is 1.45. The Labute approximate surface area is 103 Å². The second-order valence-electron chi connectivity index (χ2n) is 3.79. The first-order valence-electron chi connectivity index (χ1n) is 5.32. The molecule has 2 N–H and O–H groups in total. The zero-order chi connectivity index (χ0) is 13.1. The van der Waals surface area contributed by atoms with Crippen molar-refractivity contribution in [3.05, 3.63) is 36.2 Å². The van der Waals surface area contributed by atoms with Gasteiger partial charge in [0.2, 0.25) is 0 Å². The number of aromatic nitrogens is 2. The molecule has 6 nitrogen and oxygen atoms in total. The fraction of sp³-hybridized carbons (Fsp3) is 0.167. The van der Waals surface area contributed by atoms with Gasteiger partial charge in [-0.25, -0.2) is 0 Å². The van der Waals surface area contributed by atoms with Gasteiger partial charge in [0.15, 0.2) is 0 Å². The molecule has 0 aliphatic rings. The normalized spacial score (nSPS) is 12.1. The maximum Gasteiger partial charge on any atom is 0.325 e. The van der Waals surface area contributed by atoms with Crippen LogP contribution in [0.2, 0.25) is 0 Å². The number of aliphatic carboxylic acids is 1. The van der Waals surface area contributed by atoms with Crippen LogP contribution in [0.5, 0.6) is 0 Å². The quantitative estimate of drug-likeness (QED) is 0.835. The summed E-state index contributed by atoms with van der Waals surface area (Å²) in [6, 6.07) is 3.89. The molecule has 2 rings (SSSR count). The number of carbonyl (C=O) groups is 2. The van der Waals surface area contributed by atoms with Crippen molar-refractivity contribution in [3.63, 3.8) is 0 Å². The second kappa shape index (κ2) is 4.79. The predicted molar refractivity (Wildman–Crippen MR) is 64.1 cm³/mol. The first-order valence-corrected chi connectivity index (χ1v) is 5.32. The minimum absolute atomic E-state index is 0.357. The molecular formula is C12H11N3O3. The molecule has 18 heavy (non-hydrogen) atoms. The summed E-state index contributed by atoms with van der Waals surface area (Å²) in [5.74, 6) is -1.53. The highest BCUT2D eigenvalue weighted by Gasteiger charge is 2.15. The van der Waals surface area contributed by atoms with Crippen LogP contribution >= 0.6 is 0 Å². The molecule has 6 heteroatoms. The molecule has 1 amide bonds. The Morgan fingerprint density at radius 1 is 1.22 bits per heavy atom. The fourth-order valence-corrected chi connectivity index (χ4v) is 1.45. The first-order chi connectivity index (χ1) is 8.58. The Balaban J connectivity index is 2.25. The number of nitrogens with zero attached hydrogens (tertiary/aromatic N) is 2. The summed E-state index contributed by atoms with van der Waals surface area (Å²) >= 11 is 0. The van der Waals surface area contributed by atoms with Gasteiger partial charge in [0.25, 0.3) is 5.91 Å². The molecule has 0 aliphatic carbocycles. The molecule has 0 radical (unpaired) electrons. The van der Waals surface area contributed by atoms with E-state index in [-0.39, 0.29) is 0 Å². The van der Waals surface area contributed by atoms with Crippen LogP contribution in [0.15, 0.2) is 30.6 Å². The van der Waals surface area contributed by atoms with Crippen LogP contribution in [-0.2, 0) is 4.79 Å². The number of carboxylic acids is 1. The number of nitrogens with one attached hydrogen (secondary N) is 1. The number of benzene rings is 1. The Morgan fingerprint density at radius 3 is 2.56 bits per heavy atom. The lowest BCUT2D eigenvalue weighted by Crippen LogP contribution is -2.38. The number of fused-ring (bicyclic) bond motifs is 1. The van der Waals surface area contributed by atoms with Gasteiger partial charge in [-0.05, 0) is 25.1 Å². The minimum Gasteiger partial charge on any atom is -0.480 e. The summed E-state index contributed by atoms with van der Waals surface area (Å²) in [7, 11) is 0. The maximum absolute atomic E-state index is 11.8. The Morgan fingerprint density at radius 2 is 1.89 bits per heavy atom. The SMILES string of the molecule is C[C@H](NC(=O)c1ccc2nccnc2c1)C(=O)O. The van der Waals surface area contributed by atoms with Gasteiger partial charge in [-0.3, -0.25) is 19.6 Å². The average molecular weight is 245 g/mol. The number of hydrogen-bond acceptors (Lipinski definition) is 4. The highest BCUT2D eigenvalue weighted by atomic mass is 16.4. The molecule has 1 heterocycles. The van der Waals surface area contributed by atoms with Crippen LogP contribution in [0.4, 0.5) is 0 Å². The third-order valence-electron chi connectivity index (χ3n) is 2.45. The molecule has 0 saturated carbocycles. The van der Waals surface area contributed by atoms with E-state index in [0.717, 1.165) is 0 Å². The molecule has 2 aromatic rings. The molecule has 92 valence electrons. The van der Waals surface area contributed by atoms with Crippen molar-refractivity contribution in [2.24, 2.45) is 0 Å².